The molecule has 0 aliphatic carbocycles. The molecular weight excluding hydrogens is 448 g/mol. The fraction of sp³-hybridized carbons (Fsp3) is 0.423. The zero-order valence-corrected chi connectivity index (χ0v) is 20.7. The molecule has 3 N–H and O–H groups in total. The van der Waals surface area contributed by atoms with E-state index in [4.69, 9.17) is 9.72 Å². The van der Waals surface area contributed by atoms with E-state index in [0.717, 1.165) is 60.8 Å². The number of likely N-dealkylation sites (N-methyl/N-ethyl adjacent to an activating group) is 1. The van der Waals surface area contributed by atoms with Crippen LogP contribution >= 0.6 is 10.6 Å². The third kappa shape index (κ3) is 4.74. The van der Waals surface area contributed by atoms with Crippen LogP contribution in [0.25, 0.3) is 10.9 Å². The third-order valence-electron chi connectivity index (χ3n) is 6.86. The summed E-state index contributed by atoms with van der Waals surface area (Å²) >= 11 is 0. The lowest BCUT2D eigenvalue weighted by Crippen LogP contribution is -2.50. The minimum Gasteiger partial charge on any atom is -0.383 e. The second-order valence-corrected chi connectivity index (χ2v) is 11.4. The first-order chi connectivity index (χ1) is 16.4. The van der Waals surface area contributed by atoms with Gasteiger partial charge in [0.25, 0.3) is 0 Å². The van der Waals surface area contributed by atoms with Gasteiger partial charge in [0.1, 0.15) is 5.82 Å². The summed E-state index contributed by atoms with van der Waals surface area (Å²) < 4.78 is 26.9. The van der Waals surface area contributed by atoms with Crippen LogP contribution in [-0.4, -0.2) is 70.2 Å². The van der Waals surface area contributed by atoms with Crippen LogP contribution in [0.2, 0.25) is 0 Å². The normalized spacial score (nSPS) is 18.9. The molecule has 2 aliphatic heterocycles. The predicted molar refractivity (Wildman–Crippen MR) is 140 cm³/mol. The van der Waals surface area contributed by atoms with Gasteiger partial charge >= 0.3 is 0 Å². The molecule has 5 rings (SSSR count). The molecule has 1 aromatic heterocycles. The van der Waals surface area contributed by atoms with E-state index in [1.165, 1.54) is 5.56 Å². The van der Waals surface area contributed by atoms with Gasteiger partial charge in [0, 0.05) is 43.3 Å². The Kier molecular flexibility index (Phi) is 6.68. The molecule has 0 atom stereocenters. The fourth-order valence-corrected chi connectivity index (χ4v) is 6.33. The summed E-state index contributed by atoms with van der Waals surface area (Å²) in [6.07, 6.45) is 0. The Hall–Kier alpha value is -2.36. The quantitative estimate of drug-likeness (QED) is 0.446. The molecule has 182 valence electrons. The first kappa shape index (κ1) is 23.4. The first-order valence-electron chi connectivity index (χ1n) is 12.0. The van der Waals surface area contributed by atoms with E-state index in [9.17, 15) is 9.11 Å². The molecule has 3 heterocycles. The molecule has 2 aliphatic rings. The Morgan fingerprint density at radius 2 is 2.00 bits per heavy atom. The van der Waals surface area contributed by atoms with Gasteiger partial charge < -0.3 is 15.0 Å². The van der Waals surface area contributed by atoms with Gasteiger partial charge in [0.2, 0.25) is 0 Å². The van der Waals surface area contributed by atoms with Crippen LogP contribution in [0.15, 0.2) is 53.4 Å². The van der Waals surface area contributed by atoms with E-state index in [1.807, 2.05) is 24.3 Å². The third-order valence-corrected chi connectivity index (χ3v) is 8.72. The highest BCUT2D eigenvalue weighted by Crippen LogP contribution is 2.51. The minimum atomic E-state index is -2.81. The van der Waals surface area contributed by atoms with Crippen molar-refractivity contribution in [1.82, 2.24) is 9.88 Å². The first-order valence-corrected chi connectivity index (χ1v) is 13.7. The van der Waals surface area contributed by atoms with Gasteiger partial charge in [0.15, 0.2) is 0 Å². The van der Waals surface area contributed by atoms with Crippen molar-refractivity contribution in [2.75, 3.05) is 55.4 Å². The number of anilines is 2. The molecule has 0 amide bonds. The van der Waals surface area contributed by atoms with E-state index in [2.05, 4.69) is 53.2 Å². The van der Waals surface area contributed by atoms with Gasteiger partial charge in [-0.2, -0.15) is 10.6 Å². The summed E-state index contributed by atoms with van der Waals surface area (Å²) in [4.78, 5) is 10.3. The van der Waals surface area contributed by atoms with Crippen LogP contribution in [0.1, 0.15) is 18.1 Å². The van der Waals surface area contributed by atoms with Crippen molar-refractivity contribution in [3.63, 3.8) is 0 Å². The number of rotatable bonds is 7. The summed E-state index contributed by atoms with van der Waals surface area (Å²) in [5.74, 6) is 1.15. The molecule has 0 spiro atoms. The molecule has 7 nitrogen and oxygen atoms in total. The van der Waals surface area contributed by atoms with E-state index >= 15 is 0 Å². The summed E-state index contributed by atoms with van der Waals surface area (Å²) in [7, 11) is -2.81. The second-order valence-electron chi connectivity index (χ2n) is 9.20. The number of hydrogen-bond donors (Lipinski definition) is 3. The predicted octanol–water partition coefficient (Wildman–Crippen LogP) is 4.81. The largest absolute Gasteiger partial charge is 0.383 e. The molecule has 1 saturated heterocycles. The highest BCUT2D eigenvalue weighted by atomic mass is 32.3. The van der Waals surface area contributed by atoms with Crippen molar-refractivity contribution in [1.29, 1.82) is 0 Å². The summed E-state index contributed by atoms with van der Waals surface area (Å²) in [6.45, 7) is 9.87. The lowest BCUT2D eigenvalue weighted by atomic mass is 10.1. The molecule has 0 unspecified atom stereocenters. The van der Waals surface area contributed by atoms with Crippen molar-refractivity contribution in [2.45, 2.75) is 31.3 Å². The van der Waals surface area contributed by atoms with Gasteiger partial charge in [-0.3, -0.25) is 14.0 Å². The Labute approximate surface area is 203 Å². The monoisotopic (exact) mass is 482 g/mol. The standard InChI is InChI=1S/C26H34N4O3S/c1-3-29(21-17-33-18-21)11-10-27-24-15-26(28-23-9-8-19(2)14-22(23)24)30-12-13-34(31,32)25-7-5-4-6-20(25)16-30/h4-9,14-15,21,31-32H,3,10-13,16-18H2,1-2H3,(H,27,28). The number of aryl methyl sites for hydroxylation is 1. The smallest absolute Gasteiger partial charge is 0.131 e. The molecule has 2 aromatic carbocycles. The summed E-state index contributed by atoms with van der Waals surface area (Å²) in [5.41, 5.74) is 4.15. The Bertz CT molecular complexity index is 1170. The highest BCUT2D eigenvalue weighted by molar-refractivity contribution is 8.24. The van der Waals surface area contributed by atoms with Gasteiger partial charge in [-0.05, 0) is 37.2 Å². The molecular formula is C26H34N4O3S. The number of aromatic nitrogens is 1. The minimum absolute atomic E-state index is 0.301. The maximum absolute atomic E-state index is 10.8. The van der Waals surface area contributed by atoms with Crippen LogP contribution in [0.5, 0.6) is 0 Å². The lowest BCUT2D eigenvalue weighted by Gasteiger charge is -2.36. The van der Waals surface area contributed by atoms with Crippen LogP contribution < -0.4 is 10.2 Å². The number of benzene rings is 2. The Morgan fingerprint density at radius 3 is 2.76 bits per heavy atom. The maximum Gasteiger partial charge on any atom is 0.131 e. The Morgan fingerprint density at radius 1 is 1.18 bits per heavy atom. The average molecular weight is 483 g/mol. The van der Waals surface area contributed by atoms with Crippen molar-refractivity contribution < 1.29 is 13.8 Å². The van der Waals surface area contributed by atoms with E-state index in [0.29, 0.717) is 29.8 Å². The summed E-state index contributed by atoms with van der Waals surface area (Å²) in [6, 6.07) is 16.6. The molecule has 0 saturated carbocycles. The second kappa shape index (κ2) is 9.71. The topological polar surface area (TPSA) is 81.1 Å². The number of nitrogens with one attached hydrogen (secondary N) is 1. The van der Waals surface area contributed by atoms with Crippen LogP contribution in [0.4, 0.5) is 11.5 Å². The van der Waals surface area contributed by atoms with Crippen molar-refractivity contribution in [3.8, 4) is 0 Å². The number of nitrogens with zero attached hydrogens (tertiary/aromatic N) is 3. The maximum atomic E-state index is 10.8. The molecule has 0 radical (unpaired) electrons. The van der Waals surface area contributed by atoms with E-state index < -0.39 is 10.6 Å². The van der Waals surface area contributed by atoms with E-state index in [1.54, 1.807) is 0 Å². The summed E-state index contributed by atoms with van der Waals surface area (Å²) in [5, 5.41) is 4.78. The van der Waals surface area contributed by atoms with Crippen molar-refractivity contribution in [2.24, 2.45) is 0 Å². The number of hydrogen-bond acceptors (Lipinski definition) is 7. The Balaban J connectivity index is 1.43. The van der Waals surface area contributed by atoms with Gasteiger partial charge in [-0.25, -0.2) is 4.98 Å². The zero-order chi connectivity index (χ0) is 23.7. The van der Waals surface area contributed by atoms with Crippen LogP contribution in [0, 0.1) is 6.92 Å². The zero-order valence-electron chi connectivity index (χ0n) is 19.9. The number of ether oxygens (including phenoxy) is 1. The average Bonchev–Trinajstić information content (AvgIpc) is 2.93. The van der Waals surface area contributed by atoms with Crippen LogP contribution in [0.3, 0.4) is 0 Å². The van der Waals surface area contributed by atoms with Gasteiger partial charge in [0.05, 0.1) is 35.4 Å². The van der Waals surface area contributed by atoms with Crippen molar-refractivity contribution in [3.05, 3.63) is 59.7 Å². The molecule has 0 bridgehead atoms. The molecule has 34 heavy (non-hydrogen) atoms. The molecule has 1 fully saturated rings. The SMILES string of the molecule is CCN(CCNc1cc(N2CCS(O)(O)c3ccccc3C2)nc2ccc(C)cc12)C1COC1. The van der Waals surface area contributed by atoms with Crippen molar-refractivity contribution >= 4 is 33.0 Å². The van der Waals surface area contributed by atoms with Gasteiger partial charge in [-0.15, -0.1) is 0 Å². The van der Waals surface area contributed by atoms with Gasteiger partial charge in [-0.1, -0.05) is 36.8 Å². The lowest BCUT2D eigenvalue weighted by molar-refractivity contribution is -0.0618. The highest BCUT2D eigenvalue weighted by Gasteiger charge is 2.27. The molecule has 3 aromatic rings. The number of pyridine rings is 1. The van der Waals surface area contributed by atoms with Crippen LogP contribution in [-0.2, 0) is 11.3 Å². The molecule has 8 heteroatoms. The fourth-order valence-electron chi connectivity index (χ4n) is 4.78. The van der Waals surface area contributed by atoms with E-state index in [-0.39, 0.29) is 0 Å². The number of fused-ring (bicyclic) bond motifs is 2.